The Morgan fingerprint density at radius 3 is 3.10 bits per heavy atom. The van der Waals surface area contributed by atoms with Crippen LogP contribution in [0.25, 0.3) is 0 Å². The van der Waals surface area contributed by atoms with E-state index in [0.717, 1.165) is 0 Å². The summed E-state index contributed by atoms with van der Waals surface area (Å²) >= 11 is 0. The summed E-state index contributed by atoms with van der Waals surface area (Å²) in [5.74, 6) is 0.597. The monoisotopic (exact) mass is 138 g/mol. The van der Waals surface area contributed by atoms with Crippen molar-refractivity contribution in [1.82, 2.24) is 0 Å². The first kappa shape index (κ1) is 7.09. The van der Waals surface area contributed by atoms with E-state index in [0.29, 0.717) is 12.2 Å². The Hall–Kier alpha value is -1.02. The maximum absolute atomic E-state index is 9.24. The van der Waals surface area contributed by atoms with Gasteiger partial charge in [0.2, 0.25) is 0 Å². The number of hydrogen-bond acceptors (Lipinski definition) is 2. The zero-order chi connectivity index (χ0) is 7.40. The van der Waals surface area contributed by atoms with Crippen LogP contribution in [0.3, 0.4) is 0 Å². The van der Waals surface area contributed by atoms with Gasteiger partial charge in [0.25, 0.3) is 0 Å². The maximum Gasteiger partial charge on any atom is 0.132 e. The molecule has 1 rings (SSSR count). The van der Waals surface area contributed by atoms with E-state index in [9.17, 15) is 5.11 Å². The Morgan fingerprint density at radius 2 is 2.60 bits per heavy atom. The molecule has 0 aromatic carbocycles. The predicted molar refractivity (Wildman–Crippen MR) is 38.5 cm³/mol. The van der Waals surface area contributed by atoms with Gasteiger partial charge in [0.05, 0.1) is 6.26 Å². The van der Waals surface area contributed by atoms with E-state index < -0.39 is 6.10 Å². The van der Waals surface area contributed by atoms with Crippen molar-refractivity contribution in [2.45, 2.75) is 12.5 Å². The van der Waals surface area contributed by atoms with Gasteiger partial charge in [-0.2, -0.15) is 0 Å². The van der Waals surface area contributed by atoms with Gasteiger partial charge < -0.3 is 9.52 Å². The van der Waals surface area contributed by atoms with Gasteiger partial charge in [0, 0.05) is 0 Å². The molecule has 54 valence electrons. The molecule has 1 atom stereocenters. The second-order valence-corrected chi connectivity index (χ2v) is 2.06. The van der Waals surface area contributed by atoms with Gasteiger partial charge in [-0.3, -0.25) is 0 Å². The van der Waals surface area contributed by atoms with Crippen LogP contribution < -0.4 is 0 Å². The third-order valence-electron chi connectivity index (χ3n) is 1.26. The average Bonchev–Trinajstić information content (AvgIpc) is 2.38. The topological polar surface area (TPSA) is 33.4 Å². The number of aliphatic hydroxyl groups excluding tert-OH is 1. The highest BCUT2D eigenvalue weighted by Crippen LogP contribution is 2.16. The predicted octanol–water partition coefficient (Wildman–Crippen LogP) is 1.89. The van der Waals surface area contributed by atoms with Gasteiger partial charge >= 0.3 is 0 Å². The lowest BCUT2D eigenvalue weighted by Gasteiger charge is -2.01. The smallest absolute Gasteiger partial charge is 0.132 e. The van der Waals surface area contributed by atoms with Crippen LogP contribution in [0, 0.1) is 0 Å². The summed E-state index contributed by atoms with van der Waals surface area (Å²) in [6.07, 6.45) is 3.20. The standard InChI is InChI=1S/C8H10O2/c1-2-4-7(9)8-5-3-6-10-8/h2-3,5-7,9H,1,4H2/t7-/m0/s1. The van der Waals surface area contributed by atoms with Crippen molar-refractivity contribution in [2.24, 2.45) is 0 Å². The molecule has 0 saturated carbocycles. The number of aliphatic hydroxyl groups is 1. The second kappa shape index (κ2) is 3.22. The normalized spacial score (nSPS) is 12.9. The van der Waals surface area contributed by atoms with Crippen LogP contribution in [0.4, 0.5) is 0 Å². The lowest BCUT2D eigenvalue weighted by atomic mass is 10.2. The lowest BCUT2D eigenvalue weighted by molar-refractivity contribution is 0.153. The van der Waals surface area contributed by atoms with Gasteiger partial charge in [-0.15, -0.1) is 6.58 Å². The molecule has 0 saturated heterocycles. The zero-order valence-corrected chi connectivity index (χ0v) is 5.66. The summed E-state index contributed by atoms with van der Waals surface area (Å²) in [6, 6.07) is 3.50. The van der Waals surface area contributed by atoms with E-state index in [1.165, 1.54) is 0 Å². The molecule has 10 heavy (non-hydrogen) atoms. The first-order chi connectivity index (χ1) is 4.84. The Labute approximate surface area is 59.8 Å². The summed E-state index contributed by atoms with van der Waals surface area (Å²) in [5, 5.41) is 9.24. The van der Waals surface area contributed by atoms with E-state index in [4.69, 9.17) is 4.42 Å². The maximum atomic E-state index is 9.24. The van der Waals surface area contributed by atoms with Crippen LogP contribution >= 0.6 is 0 Å². The molecular formula is C8H10O2. The highest BCUT2D eigenvalue weighted by Gasteiger charge is 2.06. The molecule has 2 nitrogen and oxygen atoms in total. The molecule has 0 radical (unpaired) electrons. The number of furan rings is 1. The van der Waals surface area contributed by atoms with Crippen molar-refractivity contribution in [3.63, 3.8) is 0 Å². The number of rotatable bonds is 3. The Morgan fingerprint density at radius 1 is 1.80 bits per heavy atom. The lowest BCUT2D eigenvalue weighted by Crippen LogP contribution is -1.91. The van der Waals surface area contributed by atoms with Crippen molar-refractivity contribution >= 4 is 0 Å². The van der Waals surface area contributed by atoms with Gasteiger partial charge in [0.15, 0.2) is 0 Å². The minimum atomic E-state index is -0.535. The summed E-state index contributed by atoms with van der Waals surface area (Å²) in [5.41, 5.74) is 0. The first-order valence-corrected chi connectivity index (χ1v) is 3.17. The first-order valence-electron chi connectivity index (χ1n) is 3.17. The van der Waals surface area contributed by atoms with Crippen molar-refractivity contribution < 1.29 is 9.52 Å². The minimum absolute atomic E-state index is 0.535. The van der Waals surface area contributed by atoms with E-state index >= 15 is 0 Å². The van der Waals surface area contributed by atoms with Gasteiger partial charge in [-0.1, -0.05) is 6.08 Å². The SMILES string of the molecule is C=CC[C@H](O)c1ccco1. The van der Waals surface area contributed by atoms with Gasteiger partial charge in [-0.05, 0) is 18.6 Å². The van der Waals surface area contributed by atoms with E-state index in [2.05, 4.69) is 6.58 Å². The fourth-order valence-electron chi connectivity index (χ4n) is 0.755. The van der Waals surface area contributed by atoms with Crippen molar-refractivity contribution in [3.05, 3.63) is 36.8 Å². The van der Waals surface area contributed by atoms with E-state index in [1.807, 2.05) is 0 Å². The Bertz CT molecular complexity index is 189. The summed E-state index contributed by atoms with van der Waals surface area (Å²) in [7, 11) is 0. The zero-order valence-electron chi connectivity index (χ0n) is 5.66. The van der Waals surface area contributed by atoms with Crippen LogP contribution in [-0.2, 0) is 0 Å². The fraction of sp³-hybridized carbons (Fsp3) is 0.250. The highest BCUT2D eigenvalue weighted by atomic mass is 16.4. The highest BCUT2D eigenvalue weighted by molar-refractivity contribution is 5.02. The van der Waals surface area contributed by atoms with Crippen LogP contribution in [0.1, 0.15) is 18.3 Å². The second-order valence-electron chi connectivity index (χ2n) is 2.06. The van der Waals surface area contributed by atoms with Crippen molar-refractivity contribution in [3.8, 4) is 0 Å². The van der Waals surface area contributed by atoms with Crippen molar-refractivity contribution in [1.29, 1.82) is 0 Å². The van der Waals surface area contributed by atoms with Crippen LogP contribution in [0.2, 0.25) is 0 Å². The molecule has 0 amide bonds. The van der Waals surface area contributed by atoms with Crippen LogP contribution in [0.5, 0.6) is 0 Å². The van der Waals surface area contributed by atoms with Crippen LogP contribution in [-0.4, -0.2) is 5.11 Å². The molecule has 1 N–H and O–H groups in total. The van der Waals surface area contributed by atoms with Crippen molar-refractivity contribution in [2.75, 3.05) is 0 Å². The molecule has 1 heterocycles. The molecule has 0 aliphatic heterocycles. The molecule has 0 unspecified atom stereocenters. The third kappa shape index (κ3) is 1.48. The fourth-order valence-corrected chi connectivity index (χ4v) is 0.755. The van der Waals surface area contributed by atoms with Gasteiger partial charge in [0.1, 0.15) is 11.9 Å². The molecule has 2 heteroatoms. The molecule has 1 aromatic rings. The Balaban J connectivity index is 2.58. The molecule has 0 spiro atoms. The average molecular weight is 138 g/mol. The summed E-state index contributed by atoms with van der Waals surface area (Å²) < 4.78 is 4.95. The molecule has 0 fully saturated rings. The Kier molecular flexibility index (Phi) is 2.29. The summed E-state index contributed by atoms with van der Waals surface area (Å²) in [4.78, 5) is 0. The van der Waals surface area contributed by atoms with Gasteiger partial charge in [-0.25, -0.2) is 0 Å². The largest absolute Gasteiger partial charge is 0.467 e. The van der Waals surface area contributed by atoms with E-state index in [1.54, 1.807) is 24.5 Å². The molecule has 0 bridgehead atoms. The van der Waals surface area contributed by atoms with Crippen LogP contribution in [0.15, 0.2) is 35.5 Å². The summed E-state index contributed by atoms with van der Waals surface area (Å²) in [6.45, 7) is 3.51. The molecule has 0 aliphatic rings. The van der Waals surface area contributed by atoms with E-state index in [-0.39, 0.29) is 0 Å². The number of hydrogen-bond donors (Lipinski definition) is 1. The quantitative estimate of drug-likeness (QED) is 0.647. The molecule has 0 aliphatic carbocycles. The third-order valence-corrected chi connectivity index (χ3v) is 1.26. The molecule has 1 aromatic heterocycles. The minimum Gasteiger partial charge on any atom is -0.467 e. The molecular weight excluding hydrogens is 128 g/mol.